The van der Waals surface area contributed by atoms with Crippen LogP contribution in [-0.4, -0.2) is 28.9 Å². The van der Waals surface area contributed by atoms with Crippen molar-refractivity contribution in [1.82, 2.24) is 4.90 Å². The van der Waals surface area contributed by atoms with E-state index in [1.165, 1.54) is 25.7 Å². The number of nitrogens with two attached hydrogens (primary N) is 1. The molecule has 0 aromatic carbocycles. The van der Waals surface area contributed by atoms with Crippen molar-refractivity contribution < 1.29 is 4.79 Å². The number of hydrogen-bond acceptors (Lipinski definition) is 2. The zero-order chi connectivity index (χ0) is 13.7. The molecule has 19 heavy (non-hydrogen) atoms. The summed E-state index contributed by atoms with van der Waals surface area (Å²) in [5.74, 6) is 0.224. The van der Waals surface area contributed by atoms with Gasteiger partial charge in [-0.25, -0.2) is 0 Å². The molecule has 1 aliphatic heterocycles. The maximum Gasteiger partial charge on any atom is 0.235 e. The Bertz CT molecular complexity index is 329. The molecule has 0 bridgehead atoms. The lowest BCUT2D eigenvalue weighted by Crippen LogP contribution is -2.52. The van der Waals surface area contributed by atoms with Gasteiger partial charge in [0.05, 0.1) is 10.4 Å². The minimum absolute atomic E-state index is 0.224. The molecule has 3 nitrogen and oxygen atoms in total. The first-order valence-electron chi connectivity index (χ1n) is 7.76. The lowest BCUT2D eigenvalue weighted by atomic mass is 9.72. The number of rotatable bonds is 2. The van der Waals surface area contributed by atoms with Crippen LogP contribution in [0.5, 0.6) is 0 Å². The largest absolute Gasteiger partial charge is 0.392 e. The lowest BCUT2D eigenvalue weighted by molar-refractivity contribution is -0.140. The molecule has 1 saturated heterocycles. The molecular formula is C15H26N2OS. The zero-order valence-corrected chi connectivity index (χ0v) is 12.6. The molecule has 2 aliphatic rings. The van der Waals surface area contributed by atoms with E-state index in [9.17, 15) is 4.79 Å². The Morgan fingerprint density at radius 2 is 1.37 bits per heavy atom. The van der Waals surface area contributed by atoms with Crippen LogP contribution in [-0.2, 0) is 4.79 Å². The van der Waals surface area contributed by atoms with E-state index in [-0.39, 0.29) is 5.91 Å². The Kier molecular flexibility index (Phi) is 5.20. The zero-order valence-electron chi connectivity index (χ0n) is 11.8. The SMILES string of the molecule is NC(=S)C1(C(=O)N2CCCCCCC2)CCCCC1. The van der Waals surface area contributed by atoms with Crippen LogP contribution in [0.2, 0.25) is 0 Å². The Morgan fingerprint density at radius 3 is 1.89 bits per heavy atom. The molecule has 0 unspecified atom stereocenters. The van der Waals surface area contributed by atoms with Crippen LogP contribution in [0, 0.1) is 5.41 Å². The molecule has 1 amide bonds. The average Bonchev–Trinajstić information content (AvgIpc) is 2.38. The first-order chi connectivity index (χ1) is 9.17. The first-order valence-corrected chi connectivity index (χ1v) is 8.17. The van der Waals surface area contributed by atoms with Gasteiger partial charge in [0.25, 0.3) is 0 Å². The average molecular weight is 282 g/mol. The van der Waals surface area contributed by atoms with Crippen LogP contribution in [0.15, 0.2) is 0 Å². The molecule has 0 aromatic rings. The number of nitrogens with zero attached hydrogens (tertiary/aromatic N) is 1. The fourth-order valence-corrected chi connectivity index (χ4v) is 3.77. The molecule has 2 fully saturated rings. The van der Waals surface area contributed by atoms with E-state index in [0.717, 1.165) is 51.6 Å². The summed E-state index contributed by atoms with van der Waals surface area (Å²) in [6, 6.07) is 0. The van der Waals surface area contributed by atoms with Crippen molar-refractivity contribution in [3.05, 3.63) is 0 Å². The predicted octanol–water partition coefficient (Wildman–Crippen LogP) is 3.02. The van der Waals surface area contributed by atoms with Gasteiger partial charge in [0, 0.05) is 13.1 Å². The van der Waals surface area contributed by atoms with E-state index in [4.69, 9.17) is 18.0 Å². The van der Waals surface area contributed by atoms with E-state index < -0.39 is 5.41 Å². The summed E-state index contributed by atoms with van der Waals surface area (Å²) in [6.45, 7) is 1.78. The number of amides is 1. The third-order valence-electron chi connectivity index (χ3n) is 4.73. The molecule has 108 valence electrons. The van der Waals surface area contributed by atoms with Crippen molar-refractivity contribution in [2.45, 2.75) is 64.2 Å². The number of carbonyl (C=O) groups is 1. The van der Waals surface area contributed by atoms with Gasteiger partial charge in [0.1, 0.15) is 0 Å². The van der Waals surface area contributed by atoms with Gasteiger partial charge < -0.3 is 10.6 Å². The topological polar surface area (TPSA) is 46.3 Å². The second kappa shape index (κ2) is 6.69. The molecule has 1 saturated carbocycles. The Balaban J connectivity index is 2.11. The smallest absolute Gasteiger partial charge is 0.235 e. The molecular weight excluding hydrogens is 256 g/mol. The summed E-state index contributed by atoms with van der Waals surface area (Å²) < 4.78 is 0. The van der Waals surface area contributed by atoms with Crippen LogP contribution >= 0.6 is 12.2 Å². The van der Waals surface area contributed by atoms with E-state index in [2.05, 4.69) is 0 Å². The highest BCUT2D eigenvalue weighted by atomic mass is 32.1. The summed E-state index contributed by atoms with van der Waals surface area (Å²) in [7, 11) is 0. The summed E-state index contributed by atoms with van der Waals surface area (Å²) in [6.07, 6.45) is 11.1. The van der Waals surface area contributed by atoms with Crippen LogP contribution in [0.4, 0.5) is 0 Å². The van der Waals surface area contributed by atoms with E-state index in [1.54, 1.807) is 0 Å². The molecule has 1 heterocycles. The van der Waals surface area contributed by atoms with Crippen LogP contribution < -0.4 is 5.73 Å². The van der Waals surface area contributed by atoms with Gasteiger partial charge in [-0.2, -0.15) is 0 Å². The minimum atomic E-state index is -0.521. The van der Waals surface area contributed by atoms with Gasteiger partial charge in [0.15, 0.2) is 0 Å². The number of likely N-dealkylation sites (tertiary alicyclic amines) is 1. The highest BCUT2D eigenvalue weighted by Gasteiger charge is 2.44. The van der Waals surface area contributed by atoms with Crippen molar-refractivity contribution in [2.24, 2.45) is 11.1 Å². The quantitative estimate of drug-likeness (QED) is 0.792. The van der Waals surface area contributed by atoms with E-state index in [0.29, 0.717) is 4.99 Å². The van der Waals surface area contributed by atoms with Crippen molar-refractivity contribution in [3.63, 3.8) is 0 Å². The summed E-state index contributed by atoms with van der Waals surface area (Å²) >= 11 is 5.26. The second-order valence-electron chi connectivity index (χ2n) is 6.07. The summed E-state index contributed by atoms with van der Waals surface area (Å²) in [4.78, 5) is 15.4. The normalized spacial score (nSPS) is 24.3. The maximum absolute atomic E-state index is 12.9. The van der Waals surface area contributed by atoms with Gasteiger partial charge in [0.2, 0.25) is 5.91 Å². The van der Waals surface area contributed by atoms with Crippen LogP contribution in [0.1, 0.15) is 64.2 Å². The molecule has 0 spiro atoms. The van der Waals surface area contributed by atoms with Crippen molar-refractivity contribution in [2.75, 3.05) is 13.1 Å². The van der Waals surface area contributed by atoms with Crippen molar-refractivity contribution in [1.29, 1.82) is 0 Å². The molecule has 4 heteroatoms. The van der Waals surface area contributed by atoms with Gasteiger partial charge in [-0.3, -0.25) is 4.79 Å². The fraction of sp³-hybridized carbons (Fsp3) is 0.867. The summed E-state index contributed by atoms with van der Waals surface area (Å²) in [5.41, 5.74) is 5.44. The number of carbonyl (C=O) groups excluding carboxylic acids is 1. The highest BCUT2D eigenvalue weighted by Crippen LogP contribution is 2.38. The molecule has 1 aliphatic carbocycles. The molecule has 0 atom stereocenters. The van der Waals surface area contributed by atoms with Crippen molar-refractivity contribution in [3.8, 4) is 0 Å². The highest BCUT2D eigenvalue weighted by molar-refractivity contribution is 7.80. The third-order valence-corrected chi connectivity index (χ3v) is 5.12. The maximum atomic E-state index is 12.9. The van der Waals surface area contributed by atoms with Crippen LogP contribution in [0.3, 0.4) is 0 Å². The first kappa shape index (κ1) is 14.8. The lowest BCUT2D eigenvalue weighted by Gasteiger charge is -2.39. The van der Waals surface area contributed by atoms with Gasteiger partial charge in [-0.15, -0.1) is 0 Å². The van der Waals surface area contributed by atoms with E-state index >= 15 is 0 Å². The monoisotopic (exact) mass is 282 g/mol. The van der Waals surface area contributed by atoms with Gasteiger partial charge >= 0.3 is 0 Å². The minimum Gasteiger partial charge on any atom is -0.392 e. The summed E-state index contributed by atoms with van der Waals surface area (Å²) in [5, 5.41) is 0. The fourth-order valence-electron chi connectivity index (χ4n) is 3.47. The predicted molar refractivity (Wildman–Crippen MR) is 82.0 cm³/mol. The molecule has 0 radical (unpaired) electrons. The van der Waals surface area contributed by atoms with E-state index in [1.807, 2.05) is 4.90 Å². The third kappa shape index (κ3) is 3.28. The molecule has 2 N–H and O–H groups in total. The van der Waals surface area contributed by atoms with Gasteiger partial charge in [-0.1, -0.05) is 50.7 Å². The Labute approximate surface area is 121 Å². The second-order valence-corrected chi connectivity index (χ2v) is 6.51. The standard InChI is InChI=1S/C15H26N2OS/c16-13(19)15(9-5-4-6-10-15)14(18)17-11-7-2-1-3-8-12-17/h1-12H2,(H2,16,19). The Hall–Kier alpha value is -0.640. The number of thiocarbonyl (C=S) groups is 1. The molecule has 0 aromatic heterocycles. The molecule has 2 rings (SSSR count). The number of hydrogen-bond donors (Lipinski definition) is 1. The Morgan fingerprint density at radius 1 is 0.895 bits per heavy atom. The van der Waals surface area contributed by atoms with Gasteiger partial charge in [-0.05, 0) is 25.7 Å². The van der Waals surface area contributed by atoms with Crippen LogP contribution in [0.25, 0.3) is 0 Å². The van der Waals surface area contributed by atoms with Crippen molar-refractivity contribution >= 4 is 23.1 Å².